The van der Waals surface area contributed by atoms with E-state index in [0.717, 1.165) is 45.3 Å². The summed E-state index contributed by atoms with van der Waals surface area (Å²) in [4.78, 5) is 4.84. The summed E-state index contributed by atoms with van der Waals surface area (Å²) in [7, 11) is 4.28. The van der Waals surface area contributed by atoms with Crippen LogP contribution >= 0.6 is 0 Å². The van der Waals surface area contributed by atoms with Gasteiger partial charge in [-0.25, -0.2) is 0 Å². The van der Waals surface area contributed by atoms with E-state index in [2.05, 4.69) is 49.0 Å². The molecule has 1 aliphatic carbocycles. The smallest absolute Gasteiger partial charge is 0.0852 e. The fourth-order valence-corrected chi connectivity index (χ4v) is 4.39. The lowest BCUT2D eigenvalue weighted by Crippen LogP contribution is -2.33. The van der Waals surface area contributed by atoms with Gasteiger partial charge in [-0.3, -0.25) is 0 Å². The zero-order valence-corrected chi connectivity index (χ0v) is 15.0. The van der Waals surface area contributed by atoms with Gasteiger partial charge in [-0.15, -0.1) is 0 Å². The molecule has 2 unspecified atom stereocenters. The average Bonchev–Trinajstić information content (AvgIpc) is 2.69. The van der Waals surface area contributed by atoms with E-state index in [4.69, 9.17) is 0 Å². The second kappa shape index (κ2) is 6.92. The SMILES string of the molecule is CCc1ccc2c(c1)CC1(CCCN(CCN(C)C)CC1)C2O. The van der Waals surface area contributed by atoms with Crippen LogP contribution in [0.15, 0.2) is 18.2 Å². The van der Waals surface area contributed by atoms with Gasteiger partial charge in [0.15, 0.2) is 0 Å². The molecule has 1 heterocycles. The number of fused-ring (bicyclic) bond motifs is 1. The first-order valence-corrected chi connectivity index (χ1v) is 9.21. The van der Waals surface area contributed by atoms with Crippen molar-refractivity contribution in [3.05, 3.63) is 34.9 Å². The van der Waals surface area contributed by atoms with Crippen LogP contribution in [0.25, 0.3) is 0 Å². The minimum atomic E-state index is -0.266. The Balaban J connectivity index is 1.71. The molecule has 1 aromatic rings. The molecule has 3 rings (SSSR count). The van der Waals surface area contributed by atoms with Crippen LogP contribution in [0.5, 0.6) is 0 Å². The van der Waals surface area contributed by atoms with Crippen molar-refractivity contribution < 1.29 is 5.11 Å². The third-order valence-electron chi connectivity index (χ3n) is 5.97. The van der Waals surface area contributed by atoms with Crippen molar-refractivity contribution in [2.75, 3.05) is 40.3 Å². The molecule has 0 aromatic heterocycles. The standard InChI is InChI=1S/C20H32N2O/c1-4-16-6-7-18-17(14-16)15-20(19(18)23)8-5-10-22(11-9-20)13-12-21(2)3/h6-7,14,19,23H,4-5,8-13,15H2,1-3H3. The number of likely N-dealkylation sites (N-methyl/N-ethyl adjacent to an activating group) is 1. The lowest BCUT2D eigenvalue weighted by molar-refractivity contribution is 0.0268. The molecule has 1 N–H and O–H groups in total. The Morgan fingerprint density at radius 1 is 1.26 bits per heavy atom. The molecule has 3 nitrogen and oxygen atoms in total. The predicted octanol–water partition coefficient (Wildman–Crippen LogP) is 2.87. The third-order valence-corrected chi connectivity index (χ3v) is 5.97. The first kappa shape index (κ1) is 16.9. The van der Waals surface area contributed by atoms with Crippen molar-refractivity contribution in [1.29, 1.82) is 0 Å². The quantitative estimate of drug-likeness (QED) is 0.925. The summed E-state index contributed by atoms with van der Waals surface area (Å²) in [5.41, 5.74) is 4.08. The molecule has 0 bridgehead atoms. The van der Waals surface area contributed by atoms with E-state index >= 15 is 0 Å². The Bertz CT molecular complexity index is 542. The minimum absolute atomic E-state index is 0.0849. The summed E-state index contributed by atoms with van der Waals surface area (Å²) < 4.78 is 0. The van der Waals surface area contributed by atoms with Gasteiger partial charge in [-0.1, -0.05) is 25.1 Å². The van der Waals surface area contributed by atoms with Crippen LogP contribution in [0.3, 0.4) is 0 Å². The van der Waals surface area contributed by atoms with E-state index in [-0.39, 0.29) is 11.5 Å². The average molecular weight is 316 g/mol. The molecule has 1 spiro atoms. The second-order valence-corrected chi connectivity index (χ2v) is 7.83. The van der Waals surface area contributed by atoms with Crippen molar-refractivity contribution in [3.8, 4) is 0 Å². The highest BCUT2D eigenvalue weighted by atomic mass is 16.3. The van der Waals surface area contributed by atoms with Crippen molar-refractivity contribution in [1.82, 2.24) is 9.80 Å². The van der Waals surface area contributed by atoms with E-state index < -0.39 is 0 Å². The van der Waals surface area contributed by atoms with Gasteiger partial charge in [0.1, 0.15) is 0 Å². The number of benzene rings is 1. The molecule has 1 aliphatic heterocycles. The number of aryl methyl sites for hydroxylation is 1. The Morgan fingerprint density at radius 3 is 2.83 bits per heavy atom. The number of nitrogens with zero attached hydrogens (tertiary/aromatic N) is 2. The van der Waals surface area contributed by atoms with Gasteiger partial charge in [-0.05, 0) is 76.0 Å². The molecule has 1 saturated heterocycles. The number of aliphatic hydroxyl groups excluding tert-OH is 1. The highest BCUT2D eigenvalue weighted by Gasteiger charge is 2.45. The highest BCUT2D eigenvalue weighted by molar-refractivity contribution is 5.40. The second-order valence-electron chi connectivity index (χ2n) is 7.83. The van der Waals surface area contributed by atoms with Crippen molar-refractivity contribution >= 4 is 0 Å². The molecule has 1 aromatic carbocycles. The van der Waals surface area contributed by atoms with Gasteiger partial charge in [-0.2, -0.15) is 0 Å². The minimum Gasteiger partial charge on any atom is -0.388 e. The van der Waals surface area contributed by atoms with Crippen LogP contribution < -0.4 is 0 Å². The zero-order valence-electron chi connectivity index (χ0n) is 15.0. The molecule has 2 atom stereocenters. The van der Waals surface area contributed by atoms with Crippen molar-refractivity contribution in [2.45, 2.75) is 45.1 Å². The van der Waals surface area contributed by atoms with Gasteiger partial charge < -0.3 is 14.9 Å². The topological polar surface area (TPSA) is 26.7 Å². The molecule has 1 fully saturated rings. The lowest BCUT2D eigenvalue weighted by Gasteiger charge is -2.32. The van der Waals surface area contributed by atoms with Crippen LogP contribution in [-0.4, -0.2) is 55.2 Å². The Kier molecular flexibility index (Phi) is 5.10. The van der Waals surface area contributed by atoms with Gasteiger partial charge in [0.05, 0.1) is 6.10 Å². The van der Waals surface area contributed by atoms with Crippen LogP contribution in [0.1, 0.15) is 49.0 Å². The lowest BCUT2D eigenvalue weighted by atomic mass is 9.76. The van der Waals surface area contributed by atoms with Gasteiger partial charge in [0, 0.05) is 18.5 Å². The van der Waals surface area contributed by atoms with Gasteiger partial charge in [0.2, 0.25) is 0 Å². The Hall–Kier alpha value is -0.900. The maximum atomic E-state index is 11.0. The summed E-state index contributed by atoms with van der Waals surface area (Å²) in [5, 5.41) is 11.0. The predicted molar refractivity (Wildman–Crippen MR) is 95.8 cm³/mol. The fourth-order valence-electron chi connectivity index (χ4n) is 4.39. The number of hydrogen-bond acceptors (Lipinski definition) is 3. The molecular weight excluding hydrogens is 284 g/mol. The van der Waals surface area contributed by atoms with Crippen LogP contribution in [0, 0.1) is 5.41 Å². The molecule has 23 heavy (non-hydrogen) atoms. The molecular formula is C20H32N2O. The Morgan fingerprint density at radius 2 is 2.09 bits per heavy atom. The van der Waals surface area contributed by atoms with Crippen LogP contribution in [0.2, 0.25) is 0 Å². The summed E-state index contributed by atoms with van der Waals surface area (Å²) in [5.74, 6) is 0. The molecule has 128 valence electrons. The largest absolute Gasteiger partial charge is 0.388 e. The maximum Gasteiger partial charge on any atom is 0.0852 e. The van der Waals surface area contributed by atoms with E-state index in [9.17, 15) is 5.11 Å². The van der Waals surface area contributed by atoms with Crippen LogP contribution in [-0.2, 0) is 12.8 Å². The molecule has 3 heteroatoms. The zero-order chi connectivity index (χ0) is 16.4. The van der Waals surface area contributed by atoms with E-state index in [1.54, 1.807) is 0 Å². The van der Waals surface area contributed by atoms with Gasteiger partial charge in [0.25, 0.3) is 0 Å². The summed E-state index contributed by atoms with van der Waals surface area (Å²) in [6.45, 7) is 6.78. The number of aliphatic hydroxyl groups is 1. The molecule has 0 amide bonds. The third kappa shape index (κ3) is 3.47. The Labute approximate surface area is 141 Å². The first-order valence-electron chi connectivity index (χ1n) is 9.21. The summed E-state index contributed by atoms with van der Waals surface area (Å²) >= 11 is 0. The first-order chi connectivity index (χ1) is 11.0. The normalized spacial score (nSPS) is 28.3. The molecule has 0 saturated carbocycles. The maximum absolute atomic E-state index is 11.0. The van der Waals surface area contributed by atoms with Crippen LogP contribution in [0.4, 0.5) is 0 Å². The van der Waals surface area contributed by atoms with Crippen molar-refractivity contribution in [2.24, 2.45) is 5.41 Å². The highest BCUT2D eigenvalue weighted by Crippen LogP contribution is 2.52. The van der Waals surface area contributed by atoms with Crippen molar-refractivity contribution in [3.63, 3.8) is 0 Å². The fraction of sp³-hybridized carbons (Fsp3) is 0.700. The number of rotatable bonds is 4. The summed E-state index contributed by atoms with van der Waals surface area (Å²) in [6.07, 6.45) is 5.37. The van der Waals surface area contributed by atoms with E-state index in [0.29, 0.717) is 0 Å². The summed E-state index contributed by atoms with van der Waals surface area (Å²) in [6, 6.07) is 6.71. The number of hydrogen-bond donors (Lipinski definition) is 1. The van der Waals surface area contributed by atoms with E-state index in [1.165, 1.54) is 29.7 Å². The monoisotopic (exact) mass is 316 g/mol. The van der Waals surface area contributed by atoms with E-state index in [1.807, 2.05) is 0 Å². The number of likely N-dealkylation sites (tertiary alicyclic amines) is 1. The van der Waals surface area contributed by atoms with Gasteiger partial charge >= 0.3 is 0 Å². The molecule has 2 aliphatic rings. The molecule has 0 radical (unpaired) electrons.